The van der Waals surface area contributed by atoms with E-state index in [-0.39, 0.29) is 10.7 Å². The van der Waals surface area contributed by atoms with Crippen molar-refractivity contribution >= 4 is 51.5 Å². The van der Waals surface area contributed by atoms with Crippen LogP contribution in [0, 0.1) is 0 Å². The lowest BCUT2D eigenvalue weighted by atomic mass is 10.2. The van der Waals surface area contributed by atoms with Crippen molar-refractivity contribution in [3.63, 3.8) is 0 Å². The maximum Gasteiger partial charge on any atom is 0.276 e. The van der Waals surface area contributed by atoms with Gasteiger partial charge in [0.15, 0.2) is 5.69 Å². The number of rotatable bonds is 5. The van der Waals surface area contributed by atoms with Crippen molar-refractivity contribution in [3.05, 3.63) is 45.7 Å². The number of carbonyl (C=O) groups excluding carboxylic acids is 1. The Bertz CT molecular complexity index is 857. The number of benzene rings is 1. The third-order valence-electron chi connectivity index (χ3n) is 4.00. The van der Waals surface area contributed by atoms with Crippen LogP contribution in [0.15, 0.2) is 24.4 Å². The van der Waals surface area contributed by atoms with E-state index in [0.717, 1.165) is 25.9 Å². The molecule has 26 heavy (non-hydrogen) atoms. The van der Waals surface area contributed by atoms with Crippen LogP contribution in [0.3, 0.4) is 0 Å². The Morgan fingerprint density at radius 3 is 2.69 bits per heavy atom. The molecule has 1 aliphatic rings. The maximum absolute atomic E-state index is 12.6. The molecule has 0 aliphatic carbocycles. The zero-order valence-electron chi connectivity index (χ0n) is 14.2. The lowest BCUT2D eigenvalue weighted by molar-refractivity contribution is 0.102. The molecule has 0 bridgehead atoms. The van der Waals surface area contributed by atoms with Gasteiger partial charge in [-0.25, -0.2) is 9.97 Å². The summed E-state index contributed by atoms with van der Waals surface area (Å²) in [6, 6.07) is 5.05. The van der Waals surface area contributed by atoms with E-state index in [1.807, 2.05) is 4.90 Å². The van der Waals surface area contributed by atoms with Crippen LogP contribution < -0.4 is 10.2 Å². The fourth-order valence-electron chi connectivity index (χ4n) is 2.76. The van der Waals surface area contributed by atoms with Crippen molar-refractivity contribution in [2.24, 2.45) is 0 Å². The van der Waals surface area contributed by atoms with Crippen molar-refractivity contribution < 1.29 is 9.00 Å². The van der Waals surface area contributed by atoms with E-state index in [1.54, 1.807) is 24.5 Å². The number of amides is 1. The van der Waals surface area contributed by atoms with Gasteiger partial charge in [-0.05, 0) is 36.6 Å². The fraction of sp³-hybridized carbons (Fsp3) is 0.353. The molecule has 138 valence electrons. The normalized spacial score (nSPS) is 15.1. The van der Waals surface area contributed by atoms with Crippen LogP contribution in [0.5, 0.6) is 0 Å². The van der Waals surface area contributed by atoms with Gasteiger partial charge in [0.05, 0.1) is 11.2 Å². The molecule has 1 aromatic carbocycles. The standard InChI is InChI=1S/C17H18Cl2N4O2S/c1-26(25)10-11-8-12(4-5-13(11)18)21-16(24)15-14(19)9-20-17(22-15)23-6-2-3-7-23/h4-5,8-9H,2-3,6-7,10H2,1H3,(H,21,24). The number of carbonyl (C=O) groups is 1. The Labute approximate surface area is 164 Å². The molecule has 0 spiro atoms. The van der Waals surface area contributed by atoms with Gasteiger partial charge in [-0.2, -0.15) is 0 Å². The van der Waals surface area contributed by atoms with E-state index in [0.29, 0.717) is 28.0 Å². The molecule has 1 aromatic heterocycles. The summed E-state index contributed by atoms with van der Waals surface area (Å²) in [7, 11) is -1.04. The second-order valence-electron chi connectivity index (χ2n) is 6.04. The molecule has 0 saturated carbocycles. The van der Waals surface area contributed by atoms with Gasteiger partial charge in [0, 0.05) is 46.6 Å². The summed E-state index contributed by atoms with van der Waals surface area (Å²) in [6.45, 7) is 1.74. The Morgan fingerprint density at radius 1 is 1.27 bits per heavy atom. The highest BCUT2D eigenvalue weighted by molar-refractivity contribution is 7.83. The Hall–Kier alpha value is -1.70. The molecule has 2 heterocycles. The first-order valence-corrected chi connectivity index (χ1v) is 10.6. The average molecular weight is 413 g/mol. The number of hydrogen-bond donors (Lipinski definition) is 1. The predicted molar refractivity (Wildman–Crippen MR) is 106 cm³/mol. The number of nitrogens with zero attached hydrogens (tertiary/aromatic N) is 3. The van der Waals surface area contributed by atoms with Gasteiger partial charge in [-0.1, -0.05) is 23.2 Å². The Morgan fingerprint density at radius 2 is 2.00 bits per heavy atom. The first-order valence-electron chi connectivity index (χ1n) is 8.11. The van der Waals surface area contributed by atoms with Crippen molar-refractivity contribution in [2.75, 3.05) is 29.6 Å². The Kier molecular flexibility index (Phi) is 6.11. The highest BCUT2D eigenvalue weighted by Crippen LogP contribution is 2.24. The number of anilines is 2. The molecule has 1 N–H and O–H groups in total. The minimum atomic E-state index is -1.04. The highest BCUT2D eigenvalue weighted by Gasteiger charge is 2.20. The van der Waals surface area contributed by atoms with E-state index >= 15 is 0 Å². The van der Waals surface area contributed by atoms with E-state index in [2.05, 4.69) is 15.3 Å². The van der Waals surface area contributed by atoms with E-state index in [1.165, 1.54) is 6.20 Å². The smallest absolute Gasteiger partial charge is 0.276 e. The van der Waals surface area contributed by atoms with Gasteiger partial charge < -0.3 is 10.2 Å². The second kappa shape index (κ2) is 8.33. The molecule has 1 amide bonds. The topological polar surface area (TPSA) is 75.2 Å². The van der Waals surface area contributed by atoms with Crippen LogP contribution >= 0.6 is 23.2 Å². The van der Waals surface area contributed by atoms with Crippen LogP contribution in [0.25, 0.3) is 0 Å². The van der Waals surface area contributed by atoms with Crippen LogP contribution in [-0.4, -0.2) is 39.4 Å². The molecular weight excluding hydrogens is 395 g/mol. The van der Waals surface area contributed by atoms with Crippen LogP contribution in [0.2, 0.25) is 10.0 Å². The van der Waals surface area contributed by atoms with E-state index < -0.39 is 16.7 Å². The number of nitrogens with one attached hydrogen (secondary N) is 1. The molecule has 3 rings (SSSR count). The molecule has 9 heteroatoms. The second-order valence-corrected chi connectivity index (χ2v) is 8.29. The van der Waals surface area contributed by atoms with Crippen molar-refractivity contribution in [2.45, 2.75) is 18.6 Å². The summed E-state index contributed by atoms with van der Waals surface area (Å²) in [5.74, 6) is 0.398. The van der Waals surface area contributed by atoms with Gasteiger partial charge in [-0.3, -0.25) is 9.00 Å². The largest absolute Gasteiger partial charge is 0.341 e. The molecule has 1 unspecified atom stereocenters. The van der Waals surface area contributed by atoms with Crippen molar-refractivity contribution in [1.82, 2.24) is 9.97 Å². The molecule has 0 radical (unpaired) electrons. The van der Waals surface area contributed by atoms with Crippen LogP contribution in [0.4, 0.5) is 11.6 Å². The SMILES string of the molecule is CS(=O)Cc1cc(NC(=O)c2nc(N3CCCC3)ncc2Cl)ccc1Cl. The third kappa shape index (κ3) is 4.52. The number of halogens is 2. The minimum Gasteiger partial charge on any atom is -0.341 e. The van der Waals surface area contributed by atoms with Crippen LogP contribution in [0.1, 0.15) is 28.9 Å². The van der Waals surface area contributed by atoms with Gasteiger partial charge in [0.2, 0.25) is 5.95 Å². The zero-order chi connectivity index (χ0) is 18.7. The average Bonchev–Trinajstić information content (AvgIpc) is 3.12. The van der Waals surface area contributed by atoms with Crippen molar-refractivity contribution in [1.29, 1.82) is 0 Å². The Balaban J connectivity index is 1.81. The molecular formula is C17H18Cl2N4O2S. The maximum atomic E-state index is 12.6. The van der Waals surface area contributed by atoms with Gasteiger partial charge >= 0.3 is 0 Å². The monoisotopic (exact) mass is 412 g/mol. The molecule has 1 saturated heterocycles. The number of aromatic nitrogens is 2. The molecule has 2 aromatic rings. The molecule has 1 atom stereocenters. The minimum absolute atomic E-state index is 0.124. The summed E-state index contributed by atoms with van der Waals surface area (Å²) < 4.78 is 11.5. The summed E-state index contributed by atoms with van der Waals surface area (Å²) in [5, 5.41) is 3.47. The van der Waals surface area contributed by atoms with E-state index in [4.69, 9.17) is 23.2 Å². The summed E-state index contributed by atoms with van der Waals surface area (Å²) in [5.41, 5.74) is 1.37. The van der Waals surface area contributed by atoms with Crippen molar-refractivity contribution in [3.8, 4) is 0 Å². The molecule has 1 aliphatic heterocycles. The van der Waals surface area contributed by atoms with Gasteiger partial charge in [-0.15, -0.1) is 0 Å². The quantitative estimate of drug-likeness (QED) is 0.812. The first-order chi connectivity index (χ1) is 12.4. The molecule has 6 nitrogen and oxygen atoms in total. The summed E-state index contributed by atoms with van der Waals surface area (Å²) in [4.78, 5) is 23.2. The predicted octanol–water partition coefficient (Wildman–Crippen LogP) is 3.51. The lowest BCUT2D eigenvalue weighted by Gasteiger charge is -2.16. The summed E-state index contributed by atoms with van der Waals surface area (Å²) >= 11 is 12.2. The fourth-order valence-corrected chi connectivity index (χ4v) is 3.88. The number of hydrogen-bond acceptors (Lipinski definition) is 5. The van der Waals surface area contributed by atoms with Gasteiger partial charge in [0.25, 0.3) is 5.91 Å². The zero-order valence-corrected chi connectivity index (χ0v) is 16.5. The first kappa shape index (κ1) is 19.1. The molecule has 1 fully saturated rings. The van der Waals surface area contributed by atoms with Gasteiger partial charge in [0.1, 0.15) is 0 Å². The van der Waals surface area contributed by atoms with Crippen LogP contribution in [-0.2, 0) is 16.6 Å². The van der Waals surface area contributed by atoms with E-state index in [9.17, 15) is 9.00 Å². The highest BCUT2D eigenvalue weighted by atomic mass is 35.5. The lowest BCUT2D eigenvalue weighted by Crippen LogP contribution is -2.23. The summed E-state index contributed by atoms with van der Waals surface area (Å²) in [6.07, 6.45) is 5.21. The third-order valence-corrected chi connectivity index (χ3v) is 5.36.